The van der Waals surface area contributed by atoms with Gasteiger partial charge in [-0.2, -0.15) is 0 Å². The number of benzene rings is 3. The Morgan fingerprint density at radius 1 is 0.938 bits per heavy atom. The van der Waals surface area contributed by atoms with E-state index in [2.05, 4.69) is 58.8 Å². The van der Waals surface area contributed by atoms with Gasteiger partial charge in [0.05, 0.1) is 11.4 Å². The van der Waals surface area contributed by atoms with E-state index in [0.717, 1.165) is 12.1 Å². The molecule has 0 unspecified atom stereocenters. The molecule has 3 aromatic carbocycles. The molecule has 1 amide bonds. The number of carbonyl (C=O) groups is 1. The fraction of sp³-hybridized carbons (Fsp3) is 0.192. The second kappa shape index (κ2) is 10.8. The molecule has 1 heterocycles. The summed E-state index contributed by atoms with van der Waals surface area (Å²) in [5, 5.41) is 12.1. The van der Waals surface area contributed by atoms with Crippen LogP contribution in [0.25, 0.3) is 5.69 Å². The molecular formula is C26H26N4OS. The van der Waals surface area contributed by atoms with Gasteiger partial charge >= 0.3 is 0 Å². The van der Waals surface area contributed by atoms with Crippen LogP contribution in [0.3, 0.4) is 0 Å². The van der Waals surface area contributed by atoms with Crippen molar-refractivity contribution in [3.05, 3.63) is 108 Å². The van der Waals surface area contributed by atoms with Crippen molar-refractivity contribution in [2.24, 2.45) is 0 Å². The van der Waals surface area contributed by atoms with Crippen molar-refractivity contribution < 1.29 is 4.79 Å². The van der Waals surface area contributed by atoms with Crippen LogP contribution in [0.5, 0.6) is 0 Å². The van der Waals surface area contributed by atoms with Crippen LogP contribution in [0.1, 0.15) is 29.5 Å². The highest BCUT2D eigenvalue weighted by atomic mass is 32.2. The van der Waals surface area contributed by atoms with Crippen molar-refractivity contribution in [2.75, 3.05) is 12.3 Å². The normalized spacial score (nSPS) is 10.9. The van der Waals surface area contributed by atoms with Gasteiger partial charge in [-0.05, 0) is 29.2 Å². The lowest BCUT2D eigenvalue weighted by Gasteiger charge is -2.19. The Kier molecular flexibility index (Phi) is 7.35. The van der Waals surface area contributed by atoms with Gasteiger partial charge in [0.2, 0.25) is 5.91 Å². The molecular weight excluding hydrogens is 416 g/mol. The van der Waals surface area contributed by atoms with Crippen molar-refractivity contribution in [3.8, 4) is 5.69 Å². The lowest BCUT2D eigenvalue weighted by Crippen LogP contribution is -2.30. The van der Waals surface area contributed by atoms with Gasteiger partial charge in [0, 0.05) is 12.5 Å². The van der Waals surface area contributed by atoms with Crippen LogP contribution in [0.15, 0.2) is 96.4 Å². The maximum absolute atomic E-state index is 12.7. The zero-order chi connectivity index (χ0) is 22.2. The highest BCUT2D eigenvalue weighted by Gasteiger charge is 2.16. The summed E-state index contributed by atoms with van der Waals surface area (Å²) < 4.78 is 1.95. The van der Waals surface area contributed by atoms with E-state index in [0.29, 0.717) is 11.7 Å². The Morgan fingerprint density at radius 2 is 1.56 bits per heavy atom. The zero-order valence-corrected chi connectivity index (χ0v) is 18.8. The van der Waals surface area contributed by atoms with Crippen molar-refractivity contribution in [3.63, 3.8) is 0 Å². The van der Waals surface area contributed by atoms with Gasteiger partial charge in [-0.3, -0.25) is 9.36 Å². The first-order valence-corrected chi connectivity index (χ1v) is 11.7. The molecule has 0 saturated heterocycles. The third-order valence-corrected chi connectivity index (χ3v) is 6.33. The number of nitrogens with one attached hydrogen (secondary N) is 1. The van der Waals surface area contributed by atoms with Gasteiger partial charge in [-0.15, -0.1) is 10.2 Å². The molecule has 6 heteroatoms. The number of rotatable bonds is 9. The summed E-state index contributed by atoms with van der Waals surface area (Å²) in [6, 6.07) is 28.7. The smallest absolute Gasteiger partial charge is 0.230 e. The number of aromatic nitrogens is 3. The summed E-state index contributed by atoms with van der Waals surface area (Å²) in [5.41, 5.74) is 4.63. The van der Waals surface area contributed by atoms with Gasteiger partial charge in [-0.25, -0.2) is 0 Å². The molecule has 0 bridgehead atoms. The summed E-state index contributed by atoms with van der Waals surface area (Å²) >= 11 is 1.40. The number of nitrogens with zero attached hydrogens (tertiary/aromatic N) is 3. The minimum absolute atomic E-state index is 0.0230. The van der Waals surface area contributed by atoms with E-state index < -0.39 is 0 Å². The van der Waals surface area contributed by atoms with E-state index >= 15 is 0 Å². The third-order valence-electron chi connectivity index (χ3n) is 5.39. The first kappa shape index (κ1) is 21.8. The first-order valence-electron chi connectivity index (χ1n) is 10.7. The van der Waals surface area contributed by atoms with Crippen LogP contribution in [-0.2, 0) is 11.2 Å². The van der Waals surface area contributed by atoms with Crippen molar-refractivity contribution in [2.45, 2.75) is 24.4 Å². The lowest BCUT2D eigenvalue weighted by molar-refractivity contribution is -0.118. The van der Waals surface area contributed by atoms with Crippen molar-refractivity contribution in [1.29, 1.82) is 0 Å². The lowest BCUT2D eigenvalue weighted by atomic mass is 9.91. The fourth-order valence-corrected chi connectivity index (χ4v) is 4.48. The first-order chi connectivity index (χ1) is 15.8. The quantitative estimate of drug-likeness (QED) is 0.376. The number of amides is 1. The molecule has 0 aliphatic rings. The Labute approximate surface area is 192 Å². The third kappa shape index (κ3) is 5.26. The average Bonchev–Trinajstić information content (AvgIpc) is 3.32. The van der Waals surface area contributed by atoms with Crippen molar-refractivity contribution in [1.82, 2.24) is 20.1 Å². The van der Waals surface area contributed by atoms with E-state index in [-0.39, 0.29) is 17.6 Å². The molecule has 4 aromatic rings. The predicted octanol–water partition coefficient (Wildman–Crippen LogP) is 4.87. The molecule has 4 rings (SSSR count). The molecule has 1 aromatic heterocycles. The molecule has 0 fully saturated rings. The Bertz CT molecular complexity index is 1110. The number of aryl methyl sites for hydroxylation is 1. The summed E-state index contributed by atoms with van der Waals surface area (Å²) in [7, 11) is 0. The number of hydrogen-bond acceptors (Lipinski definition) is 4. The molecule has 0 aliphatic carbocycles. The van der Waals surface area contributed by atoms with Crippen LogP contribution in [0.2, 0.25) is 0 Å². The van der Waals surface area contributed by atoms with Gasteiger partial charge in [0.1, 0.15) is 6.33 Å². The average molecular weight is 443 g/mol. The highest BCUT2D eigenvalue weighted by Crippen LogP contribution is 2.25. The van der Waals surface area contributed by atoms with E-state index in [1.165, 1.54) is 28.5 Å². The van der Waals surface area contributed by atoms with Gasteiger partial charge < -0.3 is 5.32 Å². The molecule has 162 valence electrons. The Morgan fingerprint density at radius 3 is 2.22 bits per heavy atom. The maximum atomic E-state index is 12.7. The summed E-state index contributed by atoms with van der Waals surface area (Å²) in [6.45, 7) is 2.66. The second-order valence-electron chi connectivity index (χ2n) is 7.43. The van der Waals surface area contributed by atoms with E-state index in [4.69, 9.17) is 0 Å². The zero-order valence-electron chi connectivity index (χ0n) is 18.0. The predicted molar refractivity (Wildman–Crippen MR) is 129 cm³/mol. The highest BCUT2D eigenvalue weighted by molar-refractivity contribution is 7.99. The summed E-state index contributed by atoms with van der Waals surface area (Å²) in [5.74, 6) is 0.361. The van der Waals surface area contributed by atoms with Crippen LogP contribution < -0.4 is 5.32 Å². The second-order valence-corrected chi connectivity index (χ2v) is 8.37. The topological polar surface area (TPSA) is 59.8 Å². The Balaban J connectivity index is 1.41. The van der Waals surface area contributed by atoms with E-state index in [1.807, 2.05) is 53.1 Å². The molecule has 0 radical (unpaired) electrons. The molecule has 0 spiro atoms. The van der Waals surface area contributed by atoms with Crippen LogP contribution >= 0.6 is 11.8 Å². The molecule has 5 nitrogen and oxygen atoms in total. The van der Waals surface area contributed by atoms with Crippen LogP contribution in [0, 0.1) is 0 Å². The minimum atomic E-state index is -0.0230. The Hall–Kier alpha value is -3.38. The van der Waals surface area contributed by atoms with Crippen LogP contribution in [0.4, 0.5) is 0 Å². The molecule has 1 N–H and O–H groups in total. The maximum Gasteiger partial charge on any atom is 0.230 e. The minimum Gasteiger partial charge on any atom is -0.354 e. The van der Waals surface area contributed by atoms with Crippen molar-refractivity contribution >= 4 is 17.7 Å². The number of thioether (sulfide) groups is 1. The van der Waals surface area contributed by atoms with Gasteiger partial charge in [0.15, 0.2) is 5.16 Å². The van der Waals surface area contributed by atoms with E-state index in [9.17, 15) is 4.79 Å². The molecule has 0 aliphatic heterocycles. The SMILES string of the molecule is CCc1ccccc1-n1cnnc1SCC(=O)NCC(c1ccccc1)c1ccccc1. The van der Waals surface area contributed by atoms with Crippen LogP contribution in [-0.4, -0.2) is 33.0 Å². The fourth-order valence-electron chi connectivity index (χ4n) is 3.73. The number of para-hydroxylation sites is 1. The molecule has 0 saturated carbocycles. The standard InChI is InChI=1S/C26H26N4OS/c1-2-20-11-9-10-16-24(20)30-19-28-29-26(30)32-18-25(31)27-17-23(21-12-5-3-6-13-21)22-14-7-4-8-15-22/h3-16,19,23H,2,17-18H2,1H3,(H,27,31). The number of carbonyl (C=O) groups excluding carboxylic acids is 1. The number of hydrogen-bond donors (Lipinski definition) is 1. The summed E-state index contributed by atoms with van der Waals surface area (Å²) in [4.78, 5) is 12.7. The summed E-state index contributed by atoms with van der Waals surface area (Å²) in [6.07, 6.45) is 2.62. The molecule has 0 atom stereocenters. The molecule has 32 heavy (non-hydrogen) atoms. The largest absolute Gasteiger partial charge is 0.354 e. The van der Waals surface area contributed by atoms with E-state index in [1.54, 1.807) is 6.33 Å². The van der Waals surface area contributed by atoms with Gasteiger partial charge in [-0.1, -0.05) is 97.5 Å². The van der Waals surface area contributed by atoms with Gasteiger partial charge in [0.25, 0.3) is 0 Å². The monoisotopic (exact) mass is 442 g/mol.